The van der Waals surface area contributed by atoms with E-state index in [-0.39, 0.29) is 5.91 Å². The SMILES string of the molecule is Cc1cccc(-c2n[nH]c(=S)n2CCC(=O)Nc2ccc(CCN3CCOCC3)cc2)c1. The van der Waals surface area contributed by atoms with E-state index in [4.69, 9.17) is 17.0 Å². The lowest BCUT2D eigenvalue weighted by molar-refractivity contribution is -0.116. The number of aromatic nitrogens is 3. The molecule has 1 aromatic heterocycles. The maximum atomic E-state index is 12.5. The molecule has 1 fully saturated rings. The predicted molar refractivity (Wildman–Crippen MR) is 128 cm³/mol. The van der Waals surface area contributed by atoms with E-state index in [0.717, 1.165) is 61.9 Å². The fourth-order valence-electron chi connectivity index (χ4n) is 3.83. The number of aryl methyl sites for hydroxylation is 1. The molecule has 0 aliphatic carbocycles. The van der Waals surface area contributed by atoms with Gasteiger partial charge in [-0.05, 0) is 49.3 Å². The van der Waals surface area contributed by atoms with E-state index in [1.165, 1.54) is 5.56 Å². The van der Waals surface area contributed by atoms with Gasteiger partial charge in [-0.1, -0.05) is 35.9 Å². The van der Waals surface area contributed by atoms with Crippen molar-refractivity contribution >= 4 is 23.8 Å². The molecule has 8 heteroatoms. The Hall–Kier alpha value is -2.81. The van der Waals surface area contributed by atoms with E-state index in [9.17, 15) is 4.79 Å². The molecule has 0 spiro atoms. The van der Waals surface area contributed by atoms with Gasteiger partial charge in [-0.3, -0.25) is 19.4 Å². The molecule has 1 amide bonds. The molecule has 4 rings (SSSR count). The minimum atomic E-state index is -0.0515. The molecule has 1 saturated heterocycles. The summed E-state index contributed by atoms with van der Waals surface area (Å²) in [5.74, 6) is 0.695. The fraction of sp³-hybridized carbons (Fsp3) is 0.375. The molecule has 3 aromatic rings. The van der Waals surface area contributed by atoms with Gasteiger partial charge in [0.05, 0.1) is 13.2 Å². The third-order valence-corrected chi connectivity index (χ3v) is 5.97. The minimum Gasteiger partial charge on any atom is -0.379 e. The smallest absolute Gasteiger partial charge is 0.226 e. The standard InChI is InChI=1S/C24H29N5O2S/c1-18-3-2-4-20(17-18)23-26-27-24(32)29(23)12-10-22(30)25-21-7-5-19(6-8-21)9-11-28-13-15-31-16-14-28/h2-8,17H,9-16H2,1H3,(H,25,30)(H,27,32). The summed E-state index contributed by atoms with van der Waals surface area (Å²) in [5.41, 5.74) is 4.20. The van der Waals surface area contributed by atoms with Crippen LogP contribution in [0.25, 0.3) is 11.4 Å². The third kappa shape index (κ3) is 5.91. The first kappa shape index (κ1) is 22.4. The molecule has 7 nitrogen and oxygen atoms in total. The molecule has 0 bridgehead atoms. The lowest BCUT2D eigenvalue weighted by Gasteiger charge is -2.26. The highest BCUT2D eigenvalue weighted by atomic mass is 32.1. The molecule has 0 unspecified atom stereocenters. The number of anilines is 1. The summed E-state index contributed by atoms with van der Waals surface area (Å²) >= 11 is 5.38. The van der Waals surface area contributed by atoms with E-state index in [2.05, 4.69) is 38.6 Å². The number of nitrogens with zero attached hydrogens (tertiary/aromatic N) is 3. The predicted octanol–water partition coefficient (Wildman–Crippen LogP) is 3.82. The Kier molecular flexibility index (Phi) is 7.47. The largest absolute Gasteiger partial charge is 0.379 e. The second kappa shape index (κ2) is 10.7. The Morgan fingerprint density at radius 2 is 1.94 bits per heavy atom. The van der Waals surface area contributed by atoms with Crippen molar-refractivity contribution in [2.24, 2.45) is 0 Å². The van der Waals surface area contributed by atoms with Crippen LogP contribution in [0, 0.1) is 11.7 Å². The van der Waals surface area contributed by atoms with Gasteiger partial charge >= 0.3 is 0 Å². The molecule has 2 N–H and O–H groups in total. The zero-order chi connectivity index (χ0) is 22.3. The van der Waals surface area contributed by atoms with Crippen LogP contribution in [-0.2, 0) is 22.5 Å². The van der Waals surface area contributed by atoms with Crippen LogP contribution in [0.1, 0.15) is 17.5 Å². The third-order valence-electron chi connectivity index (χ3n) is 5.66. The van der Waals surface area contributed by atoms with Crippen molar-refractivity contribution in [3.05, 3.63) is 64.4 Å². The highest BCUT2D eigenvalue weighted by Crippen LogP contribution is 2.19. The lowest BCUT2D eigenvalue weighted by Crippen LogP contribution is -2.37. The number of ether oxygens (including phenoxy) is 1. The van der Waals surface area contributed by atoms with Crippen molar-refractivity contribution in [3.8, 4) is 11.4 Å². The Morgan fingerprint density at radius 3 is 2.69 bits per heavy atom. The first-order valence-electron chi connectivity index (χ1n) is 11.0. The summed E-state index contributed by atoms with van der Waals surface area (Å²) in [5, 5.41) is 10.2. The number of nitrogens with one attached hydrogen (secondary N) is 2. The molecule has 0 atom stereocenters. The molecule has 168 valence electrons. The summed E-state index contributed by atoms with van der Waals surface area (Å²) in [4.78, 5) is 15.0. The molecule has 1 aliphatic rings. The number of carbonyl (C=O) groups is 1. The number of hydrogen-bond acceptors (Lipinski definition) is 5. The number of H-pyrrole nitrogens is 1. The monoisotopic (exact) mass is 451 g/mol. The van der Waals surface area contributed by atoms with Crippen molar-refractivity contribution < 1.29 is 9.53 Å². The summed E-state index contributed by atoms with van der Waals surface area (Å²) in [6.07, 6.45) is 1.31. The maximum Gasteiger partial charge on any atom is 0.226 e. The normalized spacial score (nSPS) is 14.4. The number of hydrogen-bond donors (Lipinski definition) is 2. The molecule has 2 heterocycles. The Bertz CT molecular complexity index is 1100. The van der Waals surface area contributed by atoms with Crippen molar-refractivity contribution in [2.75, 3.05) is 38.2 Å². The summed E-state index contributed by atoms with van der Waals surface area (Å²) in [6, 6.07) is 16.2. The highest BCUT2D eigenvalue weighted by Gasteiger charge is 2.12. The lowest BCUT2D eigenvalue weighted by atomic mass is 10.1. The topological polar surface area (TPSA) is 75.2 Å². The van der Waals surface area contributed by atoms with Gasteiger partial charge in [0, 0.05) is 43.9 Å². The first-order chi connectivity index (χ1) is 15.6. The number of rotatable bonds is 8. The van der Waals surface area contributed by atoms with Crippen LogP contribution in [0.4, 0.5) is 5.69 Å². The second-order valence-electron chi connectivity index (χ2n) is 8.07. The van der Waals surface area contributed by atoms with Gasteiger partial charge in [0.15, 0.2) is 10.6 Å². The van der Waals surface area contributed by atoms with Crippen molar-refractivity contribution in [1.29, 1.82) is 0 Å². The number of morpholine rings is 1. The van der Waals surface area contributed by atoms with Gasteiger partial charge in [0.1, 0.15) is 0 Å². The van der Waals surface area contributed by atoms with Crippen molar-refractivity contribution in [2.45, 2.75) is 26.3 Å². The maximum absolute atomic E-state index is 12.5. The van der Waals surface area contributed by atoms with E-state index >= 15 is 0 Å². The summed E-state index contributed by atoms with van der Waals surface area (Å²) < 4.78 is 7.78. The van der Waals surface area contributed by atoms with Gasteiger partial charge in [0.25, 0.3) is 0 Å². The van der Waals surface area contributed by atoms with Gasteiger partial charge < -0.3 is 10.1 Å². The van der Waals surface area contributed by atoms with E-state index in [1.54, 1.807) is 0 Å². The molecule has 1 aliphatic heterocycles. The quantitative estimate of drug-likeness (QED) is 0.509. The van der Waals surface area contributed by atoms with Crippen LogP contribution in [0.5, 0.6) is 0 Å². The van der Waals surface area contributed by atoms with Gasteiger partial charge in [0.2, 0.25) is 5.91 Å². The number of carbonyl (C=O) groups excluding carboxylic acids is 1. The van der Waals surface area contributed by atoms with Gasteiger partial charge in [-0.15, -0.1) is 0 Å². The van der Waals surface area contributed by atoms with E-state index in [1.807, 2.05) is 41.8 Å². The zero-order valence-electron chi connectivity index (χ0n) is 18.3. The summed E-state index contributed by atoms with van der Waals surface area (Å²) in [6.45, 7) is 7.17. The van der Waals surface area contributed by atoms with Crippen LogP contribution < -0.4 is 5.32 Å². The van der Waals surface area contributed by atoms with Crippen molar-refractivity contribution in [3.63, 3.8) is 0 Å². The average Bonchev–Trinajstić information content (AvgIpc) is 3.18. The molecule has 0 radical (unpaired) electrons. The Labute approximate surface area is 193 Å². The van der Waals surface area contributed by atoms with Crippen LogP contribution >= 0.6 is 12.2 Å². The molecule has 0 saturated carbocycles. The molecular formula is C24H29N5O2S. The molecule has 2 aromatic carbocycles. The Balaban J connectivity index is 1.30. The van der Waals surface area contributed by atoms with E-state index < -0.39 is 0 Å². The van der Waals surface area contributed by atoms with Crippen LogP contribution in [0.15, 0.2) is 48.5 Å². The molecular weight excluding hydrogens is 422 g/mol. The number of amides is 1. The van der Waals surface area contributed by atoms with Crippen LogP contribution in [0.2, 0.25) is 0 Å². The van der Waals surface area contributed by atoms with Crippen LogP contribution in [-0.4, -0.2) is 58.4 Å². The number of aromatic amines is 1. The fourth-order valence-corrected chi connectivity index (χ4v) is 4.06. The van der Waals surface area contributed by atoms with Crippen molar-refractivity contribution in [1.82, 2.24) is 19.7 Å². The summed E-state index contributed by atoms with van der Waals surface area (Å²) in [7, 11) is 0. The molecule has 32 heavy (non-hydrogen) atoms. The second-order valence-corrected chi connectivity index (χ2v) is 8.46. The highest BCUT2D eigenvalue weighted by molar-refractivity contribution is 7.71. The van der Waals surface area contributed by atoms with E-state index in [0.29, 0.717) is 17.7 Å². The average molecular weight is 452 g/mol. The minimum absolute atomic E-state index is 0.0515. The van der Waals surface area contributed by atoms with Gasteiger partial charge in [-0.2, -0.15) is 5.10 Å². The zero-order valence-corrected chi connectivity index (χ0v) is 19.2. The Morgan fingerprint density at radius 1 is 1.16 bits per heavy atom. The van der Waals surface area contributed by atoms with Gasteiger partial charge in [-0.25, -0.2) is 0 Å². The first-order valence-corrected chi connectivity index (χ1v) is 11.4. The number of benzene rings is 2. The van der Waals surface area contributed by atoms with Crippen LogP contribution in [0.3, 0.4) is 0 Å².